The summed E-state index contributed by atoms with van der Waals surface area (Å²) < 4.78 is 15.5. The van der Waals surface area contributed by atoms with E-state index in [0.717, 1.165) is 30.6 Å². The van der Waals surface area contributed by atoms with Crippen molar-refractivity contribution in [2.45, 2.75) is 38.0 Å². The second kappa shape index (κ2) is 7.47. The normalized spacial score (nSPS) is 20.6. The largest absolute Gasteiger partial charge is 0.497 e. The molecule has 2 aromatic rings. The van der Waals surface area contributed by atoms with Gasteiger partial charge in [0.15, 0.2) is 5.82 Å². The van der Waals surface area contributed by atoms with E-state index >= 15 is 0 Å². The molecule has 0 saturated heterocycles. The summed E-state index contributed by atoms with van der Waals surface area (Å²) in [5.41, 5.74) is 1.07. The maximum Gasteiger partial charge on any atom is 0.308 e. The molecule has 0 amide bonds. The Balaban J connectivity index is 1.67. The minimum atomic E-state index is -0.143. The molecule has 1 aliphatic carbocycles. The molecule has 24 heavy (non-hydrogen) atoms. The van der Waals surface area contributed by atoms with Crippen LogP contribution in [0.15, 0.2) is 28.8 Å². The van der Waals surface area contributed by atoms with Gasteiger partial charge in [0, 0.05) is 12.3 Å². The molecule has 1 fully saturated rings. The van der Waals surface area contributed by atoms with Crippen molar-refractivity contribution in [3.8, 4) is 5.75 Å². The van der Waals surface area contributed by atoms with Crippen LogP contribution in [0.4, 0.5) is 0 Å². The number of aromatic nitrogens is 2. The van der Waals surface area contributed by atoms with Gasteiger partial charge in [-0.2, -0.15) is 4.98 Å². The summed E-state index contributed by atoms with van der Waals surface area (Å²) in [6, 6.07) is 7.81. The fourth-order valence-corrected chi connectivity index (χ4v) is 3.26. The van der Waals surface area contributed by atoms with Gasteiger partial charge >= 0.3 is 5.97 Å². The summed E-state index contributed by atoms with van der Waals surface area (Å²) in [6.07, 6.45) is 4.11. The molecule has 1 aromatic heterocycles. The van der Waals surface area contributed by atoms with Gasteiger partial charge in [-0.1, -0.05) is 23.7 Å². The SMILES string of the molecule is COC(=O)[C@H]1CCC[C@@H](c2nc(Cc3cccc(OC)c3)no2)C1. The molecule has 0 spiro atoms. The van der Waals surface area contributed by atoms with Crippen molar-refractivity contribution in [3.63, 3.8) is 0 Å². The Hall–Kier alpha value is -2.37. The lowest BCUT2D eigenvalue weighted by Crippen LogP contribution is -2.23. The van der Waals surface area contributed by atoms with Crippen LogP contribution in [0.25, 0.3) is 0 Å². The van der Waals surface area contributed by atoms with Crippen LogP contribution in [0, 0.1) is 5.92 Å². The number of carbonyl (C=O) groups excluding carboxylic acids is 1. The summed E-state index contributed by atoms with van der Waals surface area (Å²) >= 11 is 0. The second-order valence-corrected chi connectivity index (χ2v) is 6.16. The van der Waals surface area contributed by atoms with E-state index < -0.39 is 0 Å². The molecule has 0 bridgehead atoms. The quantitative estimate of drug-likeness (QED) is 0.784. The zero-order valence-electron chi connectivity index (χ0n) is 14.0. The molecular formula is C18H22N2O4. The highest BCUT2D eigenvalue weighted by Gasteiger charge is 2.31. The molecule has 1 aliphatic rings. The van der Waals surface area contributed by atoms with Crippen molar-refractivity contribution >= 4 is 5.97 Å². The first-order valence-corrected chi connectivity index (χ1v) is 8.23. The highest BCUT2D eigenvalue weighted by molar-refractivity contribution is 5.72. The topological polar surface area (TPSA) is 74.5 Å². The smallest absolute Gasteiger partial charge is 0.308 e. The number of esters is 1. The third-order valence-corrected chi connectivity index (χ3v) is 4.54. The van der Waals surface area contributed by atoms with E-state index in [-0.39, 0.29) is 17.8 Å². The maximum absolute atomic E-state index is 11.7. The van der Waals surface area contributed by atoms with E-state index in [9.17, 15) is 4.79 Å². The van der Waals surface area contributed by atoms with Crippen molar-refractivity contribution in [2.24, 2.45) is 5.92 Å². The lowest BCUT2D eigenvalue weighted by Gasteiger charge is -2.24. The Morgan fingerprint density at radius 3 is 3.00 bits per heavy atom. The number of rotatable bonds is 5. The molecule has 128 valence electrons. The van der Waals surface area contributed by atoms with E-state index in [2.05, 4.69) is 10.1 Å². The van der Waals surface area contributed by atoms with Crippen molar-refractivity contribution in [3.05, 3.63) is 41.5 Å². The van der Waals surface area contributed by atoms with Crippen LogP contribution < -0.4 is 4.74 Å². The minimum absolute atomic E-state index is 0.0671. The standard InChI is InChI=1S/C18H22N2O4/c1-22-15-8-3-5-12(9-15)10-16-19-17(24-20-16)13-6-4-7-14(11-13)18(21)23-2/h3,5,8-9,13-14H,4,6-7,10-11H2,1-2H3/t13-,14+/m1/s1. The van der Waals surface area contributed by atoms with E-state index in [0.29, 0.717) is 24.6 Å². The third-order valence-electron chi connectivity index (χ3n) is 4.54. The Labute approximate surface area is 141 Å². The first kappa shape index (κ1) is 16.5. The first-order valence-electron chi connectivity index (χ1n) is 8.23. The number of methoxy groups -OCH3 is 2. The lowest BCUT2D eigenvalue weighted by molar-refractivity contribution is -0.146. The molecule has 1 saturated carbocycles. The van der Waals surface area contributed by atoms with Gasteiger partial charge in [0.1, 0.15) is 5.75 Å². The summed E-state index contributed by atoms with van der Waals surface area (Å²) in [7, 11) is 3.08. The summed E-state index contributed by atoms with van der Waals surface area (Å²) in [6.45, 7) is 0. The fraction of sp³-hybridized carbons (Fsp3) is 0.500. The van der Waals surface area contributed by atoms with Gasteiger partial charge < -0.3 is 14.0 Å². The number of hydrogen-bond donors (Lipinski definition) is 0. The Morgan fingerprint density at radius 1 is 1.33 bits per heavy atom. The second-order valence-electron chi connectivity index (χ2n) is 6.16. The van der Waals surface area contributed by atoms with Crippen LogP contribution in [0.3, 0.4) is 0 Å². The van der Waals surface area contributed by atoms with Gasteiger partial charge in [-0.05, 0) is 37.0 Å². The molecule has 1 heterocycles. The van der Waals surface area contributed by atoms with E-state index in [4.69, 9.17) is 14.0 Å². The van der Waals surface area contributed by atoms with E-state index in [1.165, 1.54) is 7.11 Å². The highest BCUT2D eigenvalue weighted by Crippen LogP contribution is 2.36. The van der Waals surface area contributed by atoms with Crippen molar-refractivity contribution < 1.29 is 18.8 Å². The molecule has 0 N–H and O–H groups in total. The monoisotopic (exact) mass is 330 g/mol. The van der Waals surface area contributed by atoms with Gasteiger partial charge in [-0.25, -0.2) is 0 Å². The van der Waals surface area contributed by atoms with Crippen LogP contribution in [-0.4, -0.2) is 30.3 Å². The zero-order valence-corrected chi connectivity index (χ0v) is 14.0. The molecular weight excluding hydrogens is 308 g/mol. The molecule has 0 radical (unpaired) electrons. The third kappa shape index (κ3) is 3.75. The Morgan fingerprint density at radius 2 is 2.21 bits per heavy atom. The maximum atomic E-state index is 11.7. The summed E-state index contributed by atoms with van der Waals surface area (Å²) in [5, 5.41) is 4.09. The average Bonchev–Trinajstić information content (AvgIpc) is 3.09. The predicted molar refractivity (Wildman–Crippen MR) is 86.8 cm³/mol. The highest BCUT2D eigenvalue weighted by atomic mass is 16.5. The molecule has 6 nitrogen and oxygen atoms in total. The number of nitrogens with zero attached hydrogens (tertiary/aromatic N) is 2. The van der Waals surface area contributed by atoms with E-state index in [1.54, 1.807) is 7.11 Å². The van der Waals surface area contributed by atoms with Crippen molar-refractivity contribution in [2.75, 3.05) is 14.2 Å². The van der Waals surface area contributed by atoms with E-state index in [1.807, 2.05) is 24.3 Å². The van der Waals surface area contributed by atoms with Crippen LogP contribution in [0.5, 0.6) is 5.75 Å². The Kier molecular flexibility index (Phi) is 5.13. The molecule has 2 atom stereocenters. The van der Waals surface area contributed by atoms with Crippen molar-refractivity contribution in [1.29, 1.82) is 0 Å². The molecule has 1 aromatic carbocycles. The van der Waals surface area contributed by atoms with Gasteiger partial charge in [0.2, 0.25) is 5.89 Å². The van der Waals surface area contributed by atoms with Gasteiger partial charge in [-0.15, -0.1) is 0 Å². The molecule has 0 aliphatic heterocycles. The van der Waals surface area contributed by atoms with Gasteiger partial charge in [-0.3, -0.25) is 4.79 Å². The average molecular weight is 330 g/mol. The molecule has 3 rings (SSSR count). The summed E-state index contributed by atoms with van der Waals surface area (Å²) in [4.78, 5) is 16.3. The number of ether oxygens (including phenoxy) is 2. The minimum Gasteiger partial charge on any atom is -0.497 e. The fourth-order valence-electron chi connectivity index (χ4n) is 3.26. The first-order chi connectivity index (χ1) is 11.7. The molecule has 0 unspecified atom stereocenters. The molecule has 6 heteroatoms. The van der Waals surface area contributed by atoms with Crippen LogP contribution in [0.1, 0.15) is 48.9 Å². The van der Waals surface area contributed by atoms with Crippen LogP contribution in [0.2, 0.25) is 0 Å². The Bertz CT molecular complexity index is 698. The number of hydrogen-bond acceptors (Lipinski definition) is 6. The van der Waals surface area contributed by atoms with Crippen molar-refractivity contribution in [1.82, 2.24) is 10.1 Å². The summed E-state index contributed by atoms with van der Waals surface area (Å²) in [5.74, 6) is 2.01. The predicted octanol–water partition coefficient (Wildman–Crippen LogP) is 3.12. The van der Waals surface area contributed by atoms with Crippen LogP contribution in [-0.2, 0) is 16.0 Å². The number of carbonyl (C=O) groups is 1. The zero-order chi connectivity index (χ0) is 16.9. The lowest BCUT2D eigenvalue weighted by atomic mass is 9.81. The van der Waals surface area contributed by atoms with Crippen LogP contribution >= 0.6 is 0 Å². The number of benzene rings is 1. The van der Waals surface area contributed by atoms with Gasteiger partial charge in [0.05, 0.1) is 20.1 Å². The van der Waals surface area contributed by atoms with Gasteiger partial charge in [0.25, 0.3) is 0 Å².